The number of nitrogens with zero attached hydrogens (tertiary/aromatic N) is 1. The van der Waals surface area contributed by atoms with E-state index in [0.717, 1.165) is 40.2 Å². The van der Waals surface area contributed by atoms with E-state index in [1.165, 1.54) is 17.2 Å². The van der Waals surface area contributed by atoms with Crippen molar-refractivity contribution in [1.29, 1.82) is 0 Å². The molecule has 4 aromatic rings. The van der Waals surface area contributed by atoms with Gasteiger partial charge in [-0.3, -0.25) is 4.99 Å². The first kappa shape index (κ1) is 24.2. The number of esters is 1. The van der Waals surface area contributed by atoms with E-state index in [9.17, 15) is 4.79 Å². The minimum Gasteiger partial charge on any atom is -0.463 e. The fraction of sp³-hybridized carbons (Fsp3) is 0.0968. The molecule has 0 aromatic heterocycles. The Kier molecular flexibility index (Phi) is 8.63. The Balaban J connectivity index is 1.23. The second-order valence-electron chi connectivity index (χ2n) is 8.07. The number of carbonyl (C=O) groups excluding carboxylic acids is 1. The summed E-state index contributed by atoms with van der Waals surface area (Å²) in [7, 11) is 0. The summed E-state index contributed by atoms with van der Waals surface area (Å²) in [4.78, 5) is 16.5. The highest BCUT2D eigenvalue weighted by Gasteiger charge is 2.00. The highest BCUT2D eigenvalue weighted by Crippen LogP contribution is 2.19. The number of aryl methyl sites for hydroxylation is 1. The molecule has 0 unspecified atom stereocenters. The third-order valence-electron chi connectivity index (χ3n) is 5.43. The molecule has 0 amide bonds. The molecule has 0 radical (unpaired) electrons. The number of benzene rings is 4. The normalized spacial score (nSPS) is 11.2. The Labute approximate surface area is 211 Å². The zero-order valence-corrected chi connectivity index (χ0v) is 20.1. The van der Waals surface area contributed by atoms with Crippen molar-refractivity contribution >= 4 is 35.5 Å². The molecule has 4 heteroatoms. The van der Waals surface area contributed by atoms with Gasteiger partial charge in [-0.2, -0.15) is 0 Å². The maximum Gasteiger partial charge on any atom is 0.330 e. The molecule has 0 saturated heterocycles. The first-order chi connectivity index (χ1) is 17.2. The lowest BCUT2D eigenvalue weighted by Gasteiger charge is -2.03. The van der Waals surface area contributed by atoms with Crippen molar-refractivity contribution in [3.63, 3.8) is 0 Å². The average Bonchev–Trinajstić information content (AvgIpc) is 2.90. The number of rotatable bonds is 9. The van der Waals surface area contributed by atoms with Crippen molar-refractivity contribution in [2.75, 3.05) is 6.61 Å². The molecule has 174 valence electrons. The number of carbonyl (C=O) groups is 1. The van der Waals surface area contributed by atoms with E-state index in [2.05, 4.69) is 41.4 Å². The monoisotopic (exact) mass is 479 g/mol. The van der Waals surface area contributed by atoms with Crippen LogP contribution in [0, 0.1) is 0 Å². The molecule has 3 nitrogen and oxygen atoms in total. The van der Waals surface area contributed by atoms with E-state index < -0.39 is 0 Å². The third-order valence-corrected chi connectivity index (χ3v) is 5.66. The maximum atomic E-state index is 12.0. The van der Waals surface area contributed by atoms with Gasteiger partial charge in [-0.25, -0.2) is 4.79 Å². The maximum absolute atomic E-state index is 12.0. The number of hydrogen-bond donors (Lipinski definition) is 0. The number of aliphatic imine (C=N–C) groups is 1. The molecule has 0 aliphatic rings. The van der Waals surface area contributed by atoms with Gasteiger partial charge in [0, 0.05) is 17.3 Å². The third kappa shape index (κ3) is 7.80. The summed E-state index contributed by atoms with van der Waals surface area (Å²) in [6, 6.07) is 34.0. The second kappa shape index (κ2) is 12.5. The standard InChI is InChI=1S/C31H26ClNO2/c32-29-10-4-6-25(22-29)7-5-21-35-31(34)20-15-24-13-18-30(19-14-24)33-23-26-11-16-28(17-12-26)27-8-2-1-3-9-27/h1-4,6,8-20,22-23H,5,7,21H2. The Morgan fingerprint density at radius 2 is 1.51 bits per heavy atom. The molecular formula is C31H26ClNO2. The molecule has 0 aliphatic carbocycles. The molecule has 0 saturated carbocycles. The minimum atomic E-state index is -0.350. The van der Waals surface area contributed by atoms with E-state index >= 15 is 0 Å². The van der Waals surface area contributed by atoms with Crippen molar-refractivity contribution in [2.24, 2.45) is 4.99 Å². The van der Waals surface area contributed by atoms with Crippen LogP contribution in [0.3, 0.4) is 0 Å². The Morgan fingerprint density at radius 3 is 2.26 bits per heavy atom. The first-order valence-electron chi connectivity index (χ1n) is 11.5. The Bertz CT molecular complexity index is 1290. The van der Waals surface area contributed by atoms with E-state index in [0.29, 0.717) is 6.61 Å². The SMILES string of the molecule is O=C(C=Cc1ccc(N=Cc2ccc(-c3ccccc3)cc2)cc1)OCCCc1cccc(Cl)c1. The lowest BCUT2D eigenvalue weighted by Crippen LogP contribution is -2.03. The lowest BCUT2D eigenvalue weighted by molar-refractivity contribution is -0.137. The zero-order chi connectivity index (χ0) is 24.3. The highest BCUT2D eigenvalue weighted by atomic mass is 35.5. The summed E-state index contributed by atoms with van der Waals surface area (Å²) in [5.74, 6) is -0.350. The van der Waals surface area contributed by atoms with Crippen LogP contribution in [0.4, 0.5) is 5.69 Å². The van der Waals surface area contributed by atoms with Crippen LogP contribution in [0.15, 0.2) is 114 Å². The van der Waals surface area contributed by atoms with E-state index in [4.69, 9.17) is 16.3 Å². The fourth-order valence-corrected chi connectivity index (χ4v) is 3.78. The lowest BCUT2D eigenvalue weighted by atomic mass is 10.0. The van der Waals surface area contributed by atoms with Crippen LogP contribution in [-0.2, 0) is 16.0 Å². The van der Waals surface area contributed by atoms with Crippen LogP contribution in [0.5, 0.6) is 0 Å². The van der Waals surface area contributed by atoms with Gasteiger partial charge in [0.1, 0.15) is 0 Å². The largest absolute Gasteiger partial charge is 0.463 e. The highest BCUT2D eigenvalue weighted by molar-refractivity contribution is 6.30. The smallest absolute Gasteiger partial charge is 0.330 e. The molecule has 0 heterocycles. The van der Waals surface area contributed by atoms with Crippen LogP contribution >= 0.6 is 11.6 Å². The predicted octanol–water partition coefficient (Wildman–Crippen LogP) is 7.95. The van der Waals surface area contributed by atoms with Crippen LogP contribution in [0.1, 0.15) is 23.1 Å². The summed E-state index contributed by atoms with van der Waals surface area (Å²) in [6.45, 7) is 0.371. The molecule has 4 rings (SSSR count). The topological polar surface area (TPSA) is 38.7 Å². The van der Waals surface area contributed by atoms with Gasteiger partial charge in [-0.15, -0.1) is 0 Å². The number of hydrogen-bond acceptors (Lipinski definition) is 3. The Morgan fingerprint density at radius 1 is 0.800 bits per heavy atom. The predicted molar refractivity (Wildman–Crippen MR) is 145 cm³/mol. The summed E-state index contributed by atoms with van der Waals surface area (Å²) in [5.41, 5.74) is 6.30. The van der Waals surface area contributed by atoms with Gasteiger partial charge in [-0.1, -0.05) is 90.5 Å². The van der Waals surface area contributed by atoms with Crippen molar-refractivity contribution in [3.8, 4) is 11.1 Å². The van der Waals surface area contributed by atoms with Crippen molar-refractivity contribution in [1.82, 2.24) is 0 Å². The van der Waals surface area contributed by atoms with Crippen molar-refractivity contribution < 1.29 is 9.53 Å². The van der Waals surface area contributed by atoms with Gasteiger partial charge in [-0.05, 0) is 71.0 Å². The van der Waals surface area contributed by atoms with E-state index in [-0.39, 0.29) is 5.97 Å². The number of halogens is 1. The molecular weight excluding hydrogens is 454 g/mol. The summed E-state index contributed by atoms with van der Waals surface area (Å²) >= 11 is 5.99. The van der Waals surface area contributed by atoms with Crippen molar-refractivity contribution in [3.05, 3.63) is 131 Å². The Hall–Kier alpha value is -3.95. The summed E-state index contributed by atoms with van der Waals surface area (Å²) in [5, 5.41) is 0.719. The van der Waals surface area contributed by atoms with E-state index in [1.54, 1.807) is 6.08 Å². The van der Waals surface area contributed by atoms with Crippen LogP contribution in [-0.4, -0.2) is 18.8 Å². The van der Waals surface area contributed by atoms with Gasteiger partial charge in [0.2, 0.25) is 0 Å². The van der Waals surface area contributed by atoms with Gasteiger partial charge in [0.05, 0.1) is 12.3 Å². The van der Waals surface area contributed by atoms with Gasteiger partial charge < -0.3 is 4.74 Å². The first-order valence-corrected chi connectivity index (χ1v) is 11.9. The van der Waals surface area contributed by atoms with Crippen LogP contribution in [0.25, 0.3) is 17.2 Å². The average molecular weight is 480 g/mol. The minimum absolute atomic E-state index is 0.350. The summed E-state index contributed by atoms with van der Waals surface area (Å²) < 4.78 is 5.28. The van der Waals surface area contributed by atoms with Gasteiger partial charge >= 0.3 is 5.97 Å². The molecule has 0 bridgehead atoms. The molecule has 0 fully saturated rings. The molecule has 4 aromatic carbocycles. The molecule has 0 aliphatic heterocycles. The second-order valence-corrected chi connectivity index (χ2v) is 8.51. The molecule has 0 atom stereocenters. The molecule has 0 N–H and O–H groups in total. The van der Waals surface area contributed by atoms with Crippen molar-refractivity contribution in [2.45, 2.75) is 12.8 Å². The zero-order valence-electron chi connectivity index (χ0n) is 19.3. The number of ether oxygens (including phenoxy) is 1. The molecule has 35 heavy (non-hydrogen) atoms. The van der Waals surface area contributed by atoms with E-state index in [1.807, 2.05) is 72.9 Å². The van der Waals surface area contributed by atoms with Crippen LogP contribution < -0.4 is 0 Å². The van der Waals surface area contributed by atoms with Gasteiger partial charge in [0.25, 0.3) is 0 Å². The van der Waals surface area contributed by atoms with Gasteiger partial charge in [0.15, 0.2) is 0 Å². The molecule has 0 spiro atoms. The quantitative estimate of drug-likeness (QED) is 0.106. The summed E-state index contributed by atoms with van der Waals surface area (Å²) in [6.07, 6.45) is 6.61. The fourth-order valence-electron chi connectivity index (χ4n) is 3.57. The van der Waals surface area contributed by atoms with Crippen LogP contribution in [0.2, 0.25) is 5.02 Å².